The van der Waals surface area contributed by atoms with Gasteiger partial charge in [-0.25, -0.2) is 0 Å². The zero-order chi connectivity index (χ0) is 11.4. The molecule has 3 nitrogen and oxygen atoms in total. The first-order chi connectivity index (χ1) is 7.77. The van der Waals surface area contributed by atoms with Crippen LogP contribution in [0.5, 0.6) is 0 Å². The van der Waals surface area contributed by atoms with Crippen LogP contribution in [-0.4, -0.2) is 18.9 Å². The third-order valence-electron chi connectivity index (χ3n) is 3.66. The number of carbonyl (C=O) groups is 1. The molecule has 0 spiro atoms. The first kappa shape index (κ1) is 11.4. The third kappa shape index (κ3) is 2.19. The molecule has 0 bridgehead atoms. The van der Waals surface area contributed by atoms with E-state index in [1.165, 1.54) is 0 Å². The van der Waals surface area contributed by atoms with Gasteiger partial charge in [-0.05, 0) is 37.9 Å². The first-order valence-corrected chi connectivity index (χ1v) is 6.03. The van der Waals surface area contributed by atoms with Gasteiger partial charge in [0.05, 0.1) is 12.7 Å². The van der Waals surface area contributed by atoms with Crippen molar-refractivity contribution in [3.05, 3.63) is 24.2 Å². The SMILES string of the molecule is CCC1(C(=O)Cc2ccco2)CCCNC1. The number of Topliss-reactive ketones (excluding diaryl/α,β-unsaturated/α-hetero) is 1. The van der Waals surface area contributed by atoms with Gasteiger partial charge < -0.3 is 9.73 Å². The molecule has 2 rings (SSSR count). The van der Waals surface area contributed by atoms with E-state index in [1.54, 1.807) is 6.26 Å². The van der Waals surface area contributed by atoms with Gasteiger partial charge in [0.25, 0.3) is 0 Å². The summed E-state index contributed by atoms with van der Waals surface area (Å²) in [5, 5.41) is 3.34. The van der Waals surface area contributed by atoms with Crippen LogP contribution in [0, 0.1) is 5.41 Å². The van der Waals surface area contributed by atoms with Crippen LogP contribution in [0.1, 0.15) is 31.9 Å². The maximum absolute atomic E-state index is 12.3. The number of hydrogen-bond donors (Lipinski definition) is 1. The summed E-state index contributed by atoms with van der Waals surface area (Å²) in [5.74, 6) is 1.10. The highest BCUT2D eigenvalue weighted by molar-refractivity contribution is 5.86. The first-order valence-electron chi connectivity index (χ1n) is 6.03. The number of rotatable bonds is 4. The second-order valence-corrected chi connectivity index (χ2v) is 4.59. The minimum Gasteiger partial charge on any atom is -0.469 e. The molecule has 0 aliphatic carbocycles. The predicted octanol–water partition coefficient (Wildman–Crippen LogP) is 2.17. The van der Waals surface area contributed by atoms with E-state index in [-0.39, 0.29) is 5.41 Å². The molecular weight excluding hydrogens is 202 g/mol. The molecule has 1 aromatic heterocycles. The van der Waals surface area contributed by atoms with E-state index in [4.69, 9.17) is 4.42 Å². The van der Waals surface area contributed by atoms with Gasteiger partial charge in [0.15, 0.2) is 0 Å². The number of carbonyl (C=O) groups excluding carboxylic acids is 1. The molecule has 0 aromatic carbocycles. The summed E-state index contributed by atoms with van der Waals surface area (Å²) in [7, 11) is 0. The van der Waals surface area contributed by atoms with Crippen LogP contribution < -0.4 is 5.32 Å². The molecule has 88 valence electrons. The van der Waals surface area contributed by atoms with Gasteiger partial charge in [-0.2, -0.15) is 0 Å². The van der Waals surface area contributed by atoms with Crippen molar-refractivity contribution in [2.75, 3.05) is 13.1 Å². The Morgan fingerprint density at radius 3 is 3.06 bits per heavy atom. The summed E-state index contributed by atoms with van der Waals surface area (Å²) >= 11 is 0. The van der Waals surface area contributed by atoms with Crippen LogP contribution >= 0.6 is 0 Å². The average molecular weight is 221 g/mol. The molecule has 2 heterocycles. The molecule has 1 unspecified atom stereocenters. The van der Waals surface area contributed by atoms with Crippen LogP contribution in [0.3, 0.4) is 0 Å². The minimum absolute atomic E-state index is 0.162. The fraction of sp³-hybridized carbons (Fsp3) is 0.615. The number of hydrogen-bond acceptors (Lipinski definition) is 3. The molecule has 0 saturated carbocycles. The Kier molecular flexibility index (Phi) is 3.44. The monoisotopic (exact) mass is 221 g/mol. The highest BCUT2D eigenvalue weighted by Gasteiger charge is 2.37. The van der Waals surface area contributed by atoms with E-state index in [1.807, 2.05) is 12.1 Å². The Morgan fingerprint density at radius 2 is 2.50 bits per heavy atom. The molecule has 16 heavy (non-hydrogen) atoms. The van der Waals surface area contributed by atoms with E-state index >= 15 is 0 Å². The normalized spacial score (nSPS) is 25.6. The molecule has 0 radical (unpaired) electrons. The third-order valence-corrected chi connectivity index (χ3v) is 3.66. The lowest BCUT2D eigenvalue weighted by Gasteiger charge is -2.35. The topological polar surface area (TPSA) is 42.2 Å². The Balaban J connectivity index is 2.06. The summed E-state index contributed by atoms with van der Waals surface area (Å²) < 4.78 is 5.24. The summed E-state index contributed by atoms with van der Waals surface area (Å²) in [4.78, 5) is 12.3. The highest BCUT2D eigenvalue weighted by atomic mass is 16.3. The van der Waals surface area contributed by atoms with Crippen LogP contribution in [0.4, 0.5) is 0 Å². The molecule has 1 aliphatic heterocycles. The van der Waals surface area contributed by atoms with Gasteiger partial charge in [0, 0.05) is 12.0 Å². The van der Waals surface area contributed by atoms with E-state index in [9.17, 15) is 4.79 Å². The van der Waals surface area contributed by atoms with Crippen LogP contribution in [0.2, 0.25) is 0 Å². The summed E-state index contributed by atoms with van der Waals surface area (Å²) in [6.07, 6.45) is 5.08. The van der Waals surface area contributed by atoms with Crippen molar-refractivity contribution < 1.29 is 9.21 Å². The predicted molar refractivity (Wildman–Crippen MR) is 62.2 cm³/mol. The molecule has 1 N–H and O–H groups in total. The van der Waals surface area contributed by atoms with Crippen LogP contribution in [0.15, 0.2) is 22.8 Å². The molecule has 3 heteroatoms. The molecule has 1 aromatic rings. The Morgan fingerprint density at radius 1 is 1.62 bits per heavy atom. The molecular formula is C13H19NO2. The lowest BCUT2D eigenvalue weighted by molar-refractivity contribution is -0.129. The molecule has 0 amide bonds. The number of furan rings is 1. The second-order valence-electron chi connectivity index (χ2n) is 4.59. The van der Waals surface area contributed by atoms with Crippen molar-refractivity contribution in [1.29, 1.82) is 0 Å². The highest BCUT2D eigenvalue weighted by Crippen LogP contribution is 2.32. The van der Waals surface area contributed by atoms with Crippen LogP contribution in [-0.2, 0) is 11.2 Å². The Labute approximate surface area is 96.2 Å². The number of piperidine rings is 1. The lowest BCUT2D eigenvalue weighted by Crippen LogP contribution is -2.45. The zero-order valence-corrected chi connectivity index (χ0v) is 9.79. The summed E-state index contributed by atoms with van der Waals surface area (Å²) in [6.45, 7) is 3.96. The van der Waals surface area contributed by atoms with Crippen LogP contribution in [0.25, 0.3) is 0 Å². The van der Waals surface area contributed by atoms with Gasteiger partial charge in [-0.3, -0.25) is 4.79 Å². The maximum atomic E-state index is 12.3. The molecule has 1 fully saturated rings. The van der Waals surface area contributed by atoms with Crippen molar-refractivity contribution >= 4 is 5.78 Å². The van der Waals surface area contributed by atoms with E-state index in [0.29, 0.717) is 12.2 Å². The van der Waals surface area contributed by atoms with Gasteiger partial charge in [0.2, 0.25) is 0 Å². The average Bonchev–Trinajstić information content (AvgIpc) is 2.82. The van der Waals surface area contributed by atoms with E-state index < -0.39 is 0 Å². The largest absolute Gasteiger partial charge is 0.469 e. The molecule has 1 atom stereocenters. The van der Waals surface area contributed by atoms with Crippen molar-refractivity contribution in [3.63, 3.8) is 0 Å². The quantitative estimate of drug-likeness (QED) is 0.847. The summed E-state index contributed by atoms with van der Waals surface area (Å²) in [6, 6.07) is 3.71. The molecule has 1 aliphatic rings. The number of ketones is 1. The Hall–Kier alpha value is -1.09. The van der Waals surface area contributed by atoms with Gasteiger partial charge >= 0.3 is 0 Å². The second kappa shape index (κ2) is 4.83. The van der Waals surface area contributed by atoms with E-state index in [0.717, 1.165) is 38.1 Å². The van der Waals surface area contributed by atoms with Crippen molar-refractivity contribution in [2.45, 2.75) is 32.6 Å². The fourth-order valence-electron chi connectivity index (χ4n) is 2.46. The summed E-state index contributed by atoms with van der Waals surface area (Å²) in [5.41, 5.74) is -0.162. The smallest absolute Gasteiger partial charge is 0.147 e. The van der Waals surface area contributed by atoms with Crippen molar-refractivity contribution in [2.24, 2.45) is 5.41 Å². The van der Waals surface area contributed by atoms with Crippen molar-refractivity contribution in [1.82, 2.24) is 5.32 Å². The fourth-order valence-corrected chi connectivity index (χ4v) is 2.46. The van der Waals surface area contributed by atoms with Gasteiger partial charge in [-0.1, -0.05) is 6.92 Å². The molecule has 1 saturated heterocycles. The Bertz CT molecular complexity index is 337. The lowest BCUT2D eigenvalue weighted by atomic mass is 9.73. The van der Waals surface area contributed by atoms with Gasteiger partial charge in [-0.15, -0.1) is 0 Å². The number of nitrogens with one attached hydrogen (secondary N) is 1. The van der Waals surface area contributed by atoms with Crippen molar-refractivity contribution in [3.8, 4) is 0 Å². The minimum atomic E-state index is -0.162. The zero-order valence-electron chi connectivity index (χ0n) is 9.79. The maximum Gasteiger partial charge on any atom is 0.147 e. The van der Waals surface area contributed by atoms with E-state index in [2.05, 4.69) is 12.2 Å². The standard InChI is InChI=1S/C13H19NO2/c1-2-13(6-4-7-14-10-13)12(15)9-11-5-3-8-16-11/h3,5,8,14H,2,4,6-7,9-10H2,1H3. The van der Waals surface area contributed by atoms with Gasteiger partial charge in [0.1, 0.15) is 11.5 Å².